The number of carbonyl (C=O) groups excluding carboxylic acids is 1. The maximum absolute atomic E-state index is 12.9. The quantitative estimate of drug-likeness (QED) is 0.537. The van der Waals surface area contributed by atoms with Crippen molar-refractivity contribution in [2.75, 3.05) is 0 Å². The van der Waals surface area contributed by atoms with Gasteiger partial charge < -0.3 is 5.11 Å². The van der Waals surface area contributed by atoms with Crippen molar-refractivity contribution in [3.05, 3.63) is 59.3 Å². The lowest BCUT2D eigenvalue weighted by molar-refractivity contribution is -0.114. The number of nitrogens with zero attached hydrogens (tertiary/aromatic N) is 1. The van der Waals surface area contributed by atoms with Gasteiger partial charge in [0.2, 0.25) is 0 Å². The molecule has 3 aliphatic carbocycles. The van der Waals surface area contributed by atoms with Gasteiger partial charge in [-0.3, -0.25) is 4.79 Å². The molecule has 0 saturated heterocycles. The third-order valence-corrected chi connectivity index (χ3v) is 10.1. The minimum Gasteiger partial charge on any atom is -0.392 e. The van der Waals surface area contributed by atoms with E-state index in [9.17, 15) is 9.90 Å². The van der Waals surface area contributed by atoms with Crippen LogP contribution in [0.3, 0.4) is 0 Å². The van der Waals surface area contributed by atoms with Gasteiger partial charge in [-0.25, -0.2) is 4.98 Å². The highest BCUT2D eigenvalue weighted by Crippen LogP contribution is 2.64. The molecule has 6 atom stereocenters. The van der Waals surface area contributed by atoms with Gasteiger partial charge in [-0.2, -0.15) is 0 Å². The van der Waals surface area contributed by atoms with Gasteiger partial charge in [-0.05, 0) is 115 Å². The molecule has 5 rings (SSSR count). The minimum atomic E-state index is 0.0734. The first-order valence-electron chi connectivity index (χ1n) is 12.3. The van der Waals surface area contributed by atoms with Crippen LogP contribution in [0.1, 0.15) is 75.0 Å². The van der Waals surface area contributed by atoms with E-state index in [2.05, 4.69) is 37.0 Å². The van der Waals surface area contributed by atoms with Crippen LogP contribution in [0.15, 0.2) is 47.6 Å². The van der Waals surface area contributed by atoms with Crippen molar-refractivity contribution in [2.45, 2.75) is 76.3 Å². The Kier molecular flexibility index (Phi) is 6.19. The van der Waals surface area contributed by atoms with Crippen LogP contribution in [0.25, 0.3) is 0 Å². The van der Waals surface area contributed by atoms with E-state index in [1.807, 2.05) is 18.2 Å². The van der Waals surface area contributed by atoms with Crippen molar-refractivity contribution < 1.29 is 9.90 Å². The molecular weight excluding hydrogens is 414 g/mol. The standard InChI is InChI=1S/C28H35NO2S/c1-18(27(31)32-26-5-3-4-14-29-26)15-21-8-11-25-24-10-7-20-16-19(17-30)6-9-22(20)23(24)12-13-28(21,25)2/h3-6,9,14,16,18,21,23-25,30H,7-8,10-13,15,17H2,1-2H3/t18-,21?,23?,24?,25?,28?/m1/s1. The van der Waals surface area contributed by atoms with Gasteiger partial charge in [0.15, 0.2) is 5.12 Å². The van der Waals surface area contributed by atoms with Gasteiger partial charge in [0.1, 0.15) is 5.03 Å². The number of aromatic nitrogens is 1. The van der Waals surface area contributed by atoms with E-state index < -0.39 is 0 Å². The zero-order valence-corrected chi connectivity index (χ0v) is 20.1. The lowest BCUT2D eigenvalue weighted by atomic mass is 9.53. The molecule has 4 heteroatoms. The monoisotopic (exact) mass is 449 g/mol. The highest BCUT2D eigenvalue weighted by molar-refractivity contribution is 8.13. The highest BCUT2D eigenvalue weighted by atomic mass is 32.2. The molecule has 32 heavy (non-hydrogen) atoms. The van der Waals surface area contributed by atoms with Crippen LogP contribution in [-0.2, 0) is 17.8 Å². The van der Waals surface area contributed by atoms with Crippen molar-refractivity contribution in [1.29, 1.82) is 0 Å². The molecule has 2 aromatic rings. The van der Waals surface area contributed by atoms with Crippen molar-refractivity contribution in [2.24, 2.45) is 29.1 Å². The number of aliphatic hydroxyl groups is 1. The second-order valence-electron chi connectivity index (χ2n) is 10.7. The molecule has 170 valence electrons. The summed E-state index contributed by atoms with van der Waals surface area (Å²) in [5.74, 6) is 2.96. The van der Waals surface area contributed by atoms with Gasteiger partial charge in [0, 0.05) is 12.1 Å². The Morgan fingerprint density at radius 3 is 2.88 bits per heavy atom. The summed E-state index contributed by atoms with van der Waals surface area (Å²) in [7, 11) is 0. The Morgan fingerprint density at radius 2 is 2.09 bits per heavy atom. The molecule has 0 aliphatic heterocycles. The molecule has 0 bridgehead atoms. The fraction of sp³-hybridized carbons (Fsp3) is 0.571. The maximum Gasteiger partial charge on any atom is 0.197 e. The van der Waals surface area contributed by atoms with Crippen LogP contribution in [0.5, 0.6) is 0 Å². The predicted molar refractivity (Wildman–Crippen MR) is 129 cm³/mol. The van der Waals surface area contributed by atoms with Crippen molar-refractivity contribution in [1.82, 2.24) is 4.98 Å². The number of rotatable bonds is 5. The summed E-state index contributed by atoms with van der Waals surface area (Å²) < 4.78 is 0. The molecule has 0 spiro atoms. The lowest BCUT2D eigenvalue weighted by Gasteiger charge is -2.51. The van der Waals surface area contributed by atoms with Crippen molar-refractivity contribution in [3.8, 4) is 0 Å². The molecule has 1 heterocycles. The lowest BCUT2D eigenvalue weighted by Crippen LogP contribution is -2.42. The Hall–Kier alpha value is -1.65. The average Bonchev–Trinajstić information content (AvgIpc) is 3.15. The van der Waals surface area contributed by atoms with Gasteiger partial charge >= 0.3 is 0 Å². The van der Waals surface area contributed by atoms with Crippen LogP contribution in [0.2, 0.25) is 0 Å². The zero-order chi connectivity index (χ0) is 22.3. The van der Waals surface area contributed by atoms with E-state index in [4.69, 9.17) is 0 Å². The first-order chi connectivity index (χ1) is 15.5. The summed E-state index contributed by atoms with van der Waals surface area (Å²) in [6.45, 7) is 4.80. The van der Waals surface area contributed by atoms with E-state index in [-0.39, 0.29) is 17.6 Å². The summed E-state index contributed by atoms with van der Waals surface area (Å²) in [5, 5.41) is 10.6. The molecule has 1 N–H and O–H groups in total. The first-order valence-corrected chi connectivity index (χ1v) is 13.2. The number of benzene rings is 1. The number of thioether (sulfide) groups is 1. The third kappa shape index (κ3) is 3.94. The Bertz CT molecular complexity index is 977. The minimum absolute atomic E-state index is 0.0734. The van der Waals surface area contributed by atoms with E-state index in [1.165, 1.54) is 49.4 Å². The van der Waals surface area contributed by atoms with E-state index in [0.717, 1.165) is 35.3 Å². The van der Waals surface area contributed by atoms with Gasteiger partial charge in [-0.1, -0.05) is 38.1 Å². The van der Waals surface area contributed by atoms with Gasteiger partial charge in [0.05, 0.1) is 6.61 Å². The number of pyridine rings is 1. The molecule has 1 aromatic carbocycles. The molecule has 5 unspecified atom stereocenters. The highest BCUT2D eigenvalue weighted by Gasteiger charge is 2.54. The second-order valence-corrected chi connectivity index (χ2v) is 11.7. The molecule has 2 saturated carbocycles. The van der Waals surface area contributed by atoms with Crippen molar-refractivity contribution in [3.63, 3.8) is 0 Å². The van der Waals surface area contributed by atoms with Crippen LogP contribution >= 0.6 is 11.8 Å². The van der Waals surface area contributed by atoms with Gasteiger partial charge in [-0.15, -0.1) is 0 Å². The van der Waals surface area contributed by atoms with Crippen LogP contribution in [0, 0.1) is 29.1 Å². The molecular formula is C28H35NO2S. The summed E-state index contributed by atoms with van der Waals surface area (Å²) in [4.78, 5) is 17.2. The number of carbonyl (C=O) groups is 1. The molecule has 1 aromatic heterocycles. The largest absolute Gasteiger partial charge is 0.392 e. The van der Waals surface area contributed by atoms with E-state index in [1.54, 1.807) is 11.8 Å². The predicted octanol–water partition coefficient (Wildman–Crippen LogP) is 6.39. The number of aliphatic hydroxyl groups excluding tert-OH is 1. The summed E-state index contributed by atoms with van der Waals surface area (Å²) in [5.41, 5.74) is 4.44. The second kappa shape index (κ2) is 8.95. The third-order valence-electron chi connectivity index (χ3n) is 9.05. The number of aryl methyl sites for hydroxylation is 1. The molecule has 0 radical (unpaired) electrons. The number of hydrogen-bond acceptors (Lipinski definition) is 4. The Balaban J connectivity index is 1.28. The fourth-order valence-electron chi connectivity index (χ4n) is 7.36. The fourth-order valence-corrected chi connectivity index (χ4v) is 8.13. The SMILES string of the molecule is C[C@H](CC1CCC2C3CCc4cc(CO)ccc4C3CCC12C)C(=O)Sc1ccccn1. The average molecular weight is 450 g/mol. The van der Waals surface area contributed by atoms with E-state index in [0.29, 0.717) is 17.3 Å². The van der Waals surface area contributed by atoms with Gasteiger partial charge in [0.25, 0.3) is 0 Å². The number of fused-ring (bicyclic) bond motifs is 5. The van der Waals surface area contributed by atoms with Crippen LogP contribution in [-0.4, -0.2) is 15.2 Å². The molecule has 3 nitrogen and oxygen atoms in total. The normalized spacial score (nSPS) is 32.0. The maximum atomic E-state index is 12.9. The first kappa shape index (κ1) is 22.2. The molecule has 2 fully saturated rings. The topological polar surface area (TPSA) is 50.2 Å². The van der Waals surface area contributed by atoms with E-state index >= 15 is 0 Å². The number of hydrogen-bond donors (Lipinski definition) is 1. The Labute approximate surface area is 196 Å². The molecule has 0 amide bonds. The summed E-state index contributed by atoms with van der Waals surface area (Å²) in [6, 6.07) is 12.4. The van der Waals surface area contributed by atoms with Crippen LogP contribution < -0.4 is 0 Å². The summed E-state index contributed by atoms with van der Waals surface area (Å²) in [6.07, 6.45) is 10.3. The zero-order valence-electron chi connectivity index (χ0n) is 19.3. The Morgan fingerprint density at radius 1 is 1.22 bits per heavy atom. The van der Waals surface area contributed by atoms with Crippen LogP contribution in [0.4, 0.5) is 0 Å². The summed E-state index contributed by atoms with van der Waals surface area (Å²) >= 11 is 1.31. The molecule has 3 aliphatic rings. The van der Waals surface area contributed by atoms with Crippen molar-refractivity contribution >= 4 is 16.9 Å². The smallest absolute Gasteiger partial charge is 0.197 e.